The first-order valence-corrected chi connectivity index (χ1v) is 6.14. The Labute approximate surface area is 105 Å². The number of carboxylic acid groups (broad SMARTS) is 1. The molecule has 1 aromatic rings. The number of aromatic nitrogens is 1. The number of carboxylic acids is 1. The van der Waals surface area contributed by atoms with Gasteiger partial charge in [-0.15, -0.1) is 0 Å². The Morgan fingerprint density at radius 1 is 1.44 bits per heavy atom. The minimum Gasteiger partial charge on any atom is -0.477 e. The summed E-state index contributed by atoms with van der Waals surface area (Å²) in [7, 11) is 0. The van der Waals surface area contributed by atoms with E-state index < -0.39 is 5.97 Å². The van der Waals surface area contributed by atoms with Crippen molar-refractivity contribution in [3.05, 3.63) is 29.6 Å². The number of nitrogens with zero attached hydrogens (tertiary/aromatic N) is 1. The highest BCUT2D eigenvalue weighted by Gasteiger charge is 2.17. The van der Waals surface area contributed by atoms with Crippen LogP contribution in [0.1, 0.15) is 46.5 Å². The van der Waals surface area contributed by atoms with Crippen molar-refractivity contribution in [2.24, 2.45) is 5.92 Å². The molecule has 1 aromatic heterocycles. The van der Waals surface area contributed by atoms with E-state index in [4.69, 9.17) is 5.11 Å². The van der Waals surface area contributed by atoms with Gasteiger partial charge in [0.15, 0.2) is 0 Å². The first-order chi connectivity index (χ1) is 8.66. The Balaban J connectivity index is 1.87. The van der Waals surface area contributed by atoms with Gasteiger partial charge in [0, 0.05) is 18.3 Å². The predicted octanol–water partition coefficient (Wildman–Crippen LogP) is 1.70. The zero-order chi connectivity index (χ0) is 13.0. The van der Waals surface area contributed by atoms with Crippen molar-refractivity contribution in [2.75, 3.05) is 6.54 Å². The third-order valence-electron chi connectivity index (χ3n) is 3.30. The fraction of sp³-hybridized carbons (Fsp3) is 0.462. The molecule has 1 aliphatic rings. The largest absolute Gasteiger partial charge is 0.477 e. The highest BCUT2D eigenvalue weighted by atomic mass is 16.4. The van der Waals surface area contributed by atoms with Gasteiger partial charge in [0.2, 0.25) is 0 Å². The second-order valence-electron chi connectivity index (χ2n) is 4.58. The van der Waals surface area contributed by atoms with Crippen molar-refractivity contribution in [2.45, 2.75) is 25.7 Å². The van der Waals surface area contributed by atoms with E-state index >= 15 is 0 Å². The first kappa shape index (κ1) is 12.5. The van der Waals surface area contributed by atoms with E-state index in [0.29, 0.717) is 12.1 Å². The topological polar surface area (TPSA) is 79.3 Å². The van der Waals surface area contributed by atoms with Gasteiger partial charge in [-0.25, -0.2) is 9.78 Å². The van der Waals surface area contributed by atoms with Gasteiger partial charge in [-0.2, -0.15) is 0 Å². The summed E-state index contributed by atoms with van der Waals surface area (Å²) in [5.74, 6) is -0.615. The van der Waals surface area contributed by atoms with E-state index in [-0.39, 0.29) is 11.6 Å². The van der Waals surface area contributed by atoms with Gasteiger partial charge < -0.3 is 10.4 Å². The summed E-state index contributed by atoms with van der Waals surface area (Å²) < 4.78 is 0. The smallest absolute Gasteiger partial charge is 0.354 e. The molecule has 96 valence electrons. The minimum atomic E-state index is -1.13. The normalized spacial score (nSPS) is 14.9. The second-order valence-corrected chi connectivity index (χ2v) is 4.58. The molecule has 18 heavy (non-hydrogen) atoms. The number of amides is 1. The van der Waals surface area contributed by atoms with Crippen molar-refractivity contribution < 1.29 is 14.7 Å². The molecule has 0 atom stereocenters. The third-order valence-corrected chi connectivity index (χ3v) is 3.30. The Kier molecular flexibility index (Phi) is 3.92. The van der Waals surface area contributed by atoms with Crippen LogP contribution in [0.4, 0.5) is 0 Å². The monoisotopic (exact) mass is 248 g/mol. The zero-order valence-corrected chi connectivity index (χ0v) is 10.1. The molecule has 1 heterocycles. The summed E-state index contributed by atoms with van der Waals surface area (Å²) in [4.78, 5) is 26.2. The van der Waals surface area contributed by atoms with Crippen molar-refractivity contribution >= 4 is 11.9 Å². The molecule has 2 N–H and O–H groups in total. The SMILES string of the molecule is O=C(NCCC1CCC1)c1ccnc(C(=O)O)c1. The summed E-state index contributed by atoms with van der Waals surface area (Å²) in [5, 5.41) is 11.6. The number of carbonyl (C=O) groups is 2. The van der Waals surface area contributed by atoms with Crippen LogP contribution in [0.5, 0.6) is 0 Å². The first-order valence-electron chi connectivity index (χ1n) is 6.14. The highest BCUT2D eigenvalue weighted by molar-refractivity contribution is 5.96. The van der Waals surface area contributed by atoms with E-state index in [9.17, 15) is 9.59 Å². The fourth-order valence-electron chi connectivity index (χ4n) is 1.96. The van der Waals surface area contributed by atoms with Crippen LogP contribution in [0.25, 0.3) is 0 Å². The molecule has 1 saturated carbocycles. The van der Waals surface area contributed by atoms with Gasteiger partial charge in [-0.05, 0) is 24.5 Å². The molecule has 5 heteroatoms. The maximum Gasteiger partial charge on any atom is 0.354 e. The Hall–Kier alpha value is -1.91. The lowest BCUT2D eigenvalue weighted by Crippen LogP contribution is -2.27. The van der Waals surface area contributed by atoms with E-state index in [1.165, 1.54) is 37.6 Å². The molecule has 0 unspecified atom stereocenters. The number of carbonyl (C=O) groups excluding carboxylic acids is 1. The fourth-order valence-corrected chi connectivity index (χ4v) is 1.96. The molecular weight excluding hydrogens is 232 g/mol. The number of rotatable bonds is 5. The van der Waals surface area contributed by atoms with Gasteiger partial charge in [-0.1, -0.05) is 19.3 Å². The van der Waals surface area contributed by atoms with Crippen molar-refractivity contribution in [3.63, 3.8) is 0 Å². The van der Waals surface area contributed by atoms with Crippen LogP contribution in [0.3, 0.4) is 0 Å². The Morgan fingerprint density at radius 2 is 2.22 bits per heavy atom. The quantitative estimate of drug-likeness (QED) is 0.831. The molecule has 1 fully saturated rings. The summed E-state index contributed by atoms with van der Waals surface area (Å²) in [6.45, 7) is 0.647. The van der Waals surface area contributed by atoms with Crippen LogP contribution in [0.15, 0.2) is 18.3 Å². The molecule has 0 saturated heterocycles. The van der Waals surface area contributed by atoms with Crippen LogP contribution in [-0.2, 0) is 0 Å². The van der Waals surface area contributed by atoms with Gasteiger partial charge in [0.05, 0.1) is 0 Å². The molecule has 1 aliphatic carbocycles. The molecule has 0 aromatic carbocycles. The van der Waals surface area contributed by atoms with Crippen molar-refractivity contribution in [1.82, 2.24) is 10.3 Å². The average molecular weight is 248 g/mol. The molecule has 0 aliphatic heterocycles. The summed E-state index contributed by atoms with van der Waals surface area (Å²) in [5.41, 5.74) is 0.234. The number of nitrogens with one attached hydrogen (secondary N) is 1. The van der Waals surface area contributed by atoms with Crippen molar-refractivity contribution in [1.29, 1.82) is 0 Å². The van der Waals surface area contributed by atoms with Gasteiger partial charge in [0.1, 0.15) is 5.69 Å². The third kappa shape index (κ3) is 3.06. The molecule has 1 amide bonds. The standard InChI is InChI=1S/C13H16N2O3/c16-12(15-6-4-9-2-1-3-9)10-5-7-14-11(8-10)13(17)18/h5,7-9H,1-4,6H2,(H,15,16)(H,17,18). The highest BCUT2D eigenvalue weighted by Crippen LogP contribution is 2.28. The van der Waals surface area contributed by atoms with Gasteiger partial charge >= 0.3 is 5.97 Å². The minimum absolute atomic E-state index is 0.110. The van der Waals surface area contributed by atoms with Gasteiger partial charge in [-0.3, -0.25) is 4.79 Å². The Morgan fingerprint density at radius 3 is 2.83 bits per heavy atom. The number of aromatic carboxylic acids is 1. The Bertz CT molecular complexity index is 455. The lowest BCUT2D eigenvalue weighted by Gasteiger charge is -2.25. The van der Waals surface area contributed by atoms with Crippen LogP contribution >= 0.6 is 0 Å². The predicted molar refractivity (Wildman–Crippen MR) is 65.5 cm³/mol. The van der Waals surface area contributed by atoms with Crippen LogP contribution in [-0.4, -0.2) is 28.5 Å². The molecular formula is C13H16N2O3. The summed E-state index contributed by atoms with van der Waals surface area (Å²) in [6, 6.07) is 2.81. The van der Waals surface area contributed by atoms with Crippen LogP contribution < -0.4 is 5.32 Å². The molecule has 0 spiro atoms. The number of hydrogen-bond donors (Lipinski definition) is 2. The average Bonchev–Trinajstić information content (AvgIpc) is 2.32. The second kappa shape index (κ2) is 5.62. The summed E-state index contributed by atoms with van der Waals surface area (Å²) in [6.07, 6.45) is 6.15. The maximum atomic E-state index is 11.8. The zero-order valence-electron chi connectivity index (χ0n) is 10.1. The number of pyridine rings is 1. The molecule has 5 nitrogen and oxygen atoms in total. The van der Waals surface area contributed by atoms with Crippen molar-refractivity contribution in [3.8, 4) is 0 Å². The van der Waals surface area contributed by atoms with Crippen LogP contribution in [0.2, 0.25) is 0 Å². The van der Waals surface area contributed by atoms with E-state index in [0.717, 1.165) is 12.3 Å². The lowest BCUT2D eigenvalue weighted by atomic mass is 9.83. The molecule has 2 rings (SSSR count). The van der Waals surface area contributed by atoms with E-state index in [2.05, 4.69) is 10.3 Å². The maximum absolute atomic E-state index is 11.8. The van der Waals surface area contributed by atoms with E-state index in [1.54, 1.807) is 0 Å². The van der Waals surface area contributed by atoms with Gasteiger partial charge in [0.25, 0.3) is 5.91 Å². The summed E-state index contributed by atoms with van der Waals surface area (Å²) >= 11 is 0. The van der Waals surface area contributed by atoms with Crippen LogP contribution in [0, 0.1) is 5.92 Å². The van der Waals surface area contributed by atoms with E-state index in [1.807, 2.05) is 0 Å². The lowest BCUT2D eigenvalue weighted by molar-refractivity contribution is 0.0690. The molecule has 0 radical (unpaired) electrons. The number of hydrogen-bond acceptors (Lipinski definition) is 3. The molecule has 0 bridgehead atoms.